The third-order valence-corrected chi connectivity index (χ3v) is 5.44. The number of rotatable bonds is 5. The van der Waals surface area contributed by atoms with Crippen LogP contribution in [0.4, 0.5) is 16.2 Å². The fourth-order valence-electron chi connectivity index (χ4n) is 3.75. The highest BCUT2D eigenvalue weighted by Gasteiger charge is 2.23. The molecule has 0 atom stereocenters. The molecule has 2 aromatic carbocycles. The van der Waals surface area contributed by atoms with Gasteiger partial charge in [0.1, 0.15) is 29.3 Å². The molecule has 4 aromatic rings. The monoisotopic (exact) mass is 456 g/mol. The summed E-state index contributed by atoms with van der Waals surface area (Å²) in [7, 11) is 1.48. The summed E-state index contributed by atoms with van der Waals surface area (Å²) in [4.78, 5) is 29.1. The molecule has 2 amide bonds. The van der Waals surface area contributed by atoms with Gasteiger partial charge in [-0.3, -0.25) is 10.1 Å². The van der Waals surface area contributed by atoms with Crippen LogP contribution in [0.15, 0.2) is 65.2 Å². The van der Waals surface area contributed by atoms with Crippen molar-refractivity contribution >= 4 is 23.4 Å². The van der Waals surface area contributed by atoms with Crippen molar-refractivity contribution in [3.05, 3.63) is 77.6 Å². The van der Waals surface area contributed by atoms with E-state index in [1.807, 2.05) is 42.5 Å². The molecule has 34 heavy (non-hydrogen) atoms. The van der Waals surface area contributed by atoms with E-state index in [-0.39, 0.29) is 18.4 Å². The maximum Gasteiger partial charge on any atom is 0.411 e. The van der Waals surface area contributed by atoms with Crippen LogP contribution in [0, 0.1) is 6.92 Å². The number of aromatic nitrogens is 2. The van der Waals surface area contributed by atoms with Crippen LogP contribution in [0.25, 0.3) is 22.5 Å². The predicted molar refractivity (Wildman–Crippen MR) is 125 cm³/mol. The zero-order valence-electron chi connectivity index (χ0n) is 18.4. The molecule has 0 saturated heterocycles. The lowest BCUT2D eigenvalue weighted by atomic mass is 10.0. The van der Waals surface area contributed by atoms with Gasteiger partial charge in [0.2, 0.25) is 5.88 Å². The highest BCUT2D eigenvalue weighted by atomic mass is 16.5. The second-order valence-electron chi connectivity index (χ2n) is 7.61. The fraction of sp³-hybridized carbons (Fsp3) is 0.120. The van der Waals surface area contributed by atoms with Crippen LogP contribution in [0.2, 0.25) is 0 Å². The van der Waals surface area contributed by atoms with Crippen molar-refractivity contribution in [1.29, 1.82) is 0 Å². The van der Waals surface area contributed by atoms with E-state index >= 15 is 0 Å². The van der Waals surface area contributed by atoms with Crippen LogP contribution >= 0.6 is 0 Å². The first kappa shape index (κ1) is 21.2. The third-order valence-electron chi connectivity index (χ3n) is 5.44. The number of hydrogen-bond acceptors (Lipinski definition) is 7. The minimum Gasteiger partial charge on any atom is -0.479 e. The van der Waals surface area contributed by atoms with Crippen LogP contribution < -0.4 is 15.4 Å². The van der Waals surface area contributed by atoms with Crippen molar-refractivity contribution in [2.24, 2.45) is 0 Å². The summed E-state index contributed by atoms with van der Waals surface area (Å²) in [5, 5.41) is 9.58. The SMILES string of the molecule is COc1nc(-c2ccc3c(c2)COC(=O)N3)ccc1NC(=O)c1c(-c2ccccc2)noc1C. The van der Waals surface area contributed by atoms with Gasteiger partial charge < -0.3 is 19.3 Å². The molecule has 9 nitrogen and oxygen atoms in total. The molecular formula is C25H20N4O5. The number of nitrogens with zero attached hydrogens (tertiary/aromatic N) is 2. The lowest BCUT2D eigenvalue weighted by Gasteiger charge is -2.18. The molecule has 0 fully saturated rings. The van der Waals surface area contributed by atoms with Crippen molar-refractivity contribution in [2.75, 3.05) is 17.7 Å². The highest BCUT2D eigenvalue weighted by Crippen LogP contribution is 2.32. The van der Waals surface area contributed by atoms with Gasteiger partial charge in [-0.1, -0.05) is 41.6 Å². The van der Waals surface area contributed by atoms with E-state index in [4.69, 9.17) is 14.0 Å². The van der Waals surface area contributed by atoms with Crippen molar-refractivity contribution in [2.45, 2.75) is 13.5 Å². The van der Waals surface area contributed by atoms with Crippen LogP contribution in [0.3, 0.4) is 0 Å². The van der Waals surface area contributed by atoms with Gasteiger partial charge in [-0.2, -0.15) is 0 Å². The molecule has 1 aliphatic rings. The summed E-state index contributed by atoms with van der Waals surface area (Å²) < 4.78 is 15.8. The molecule has 170 valence electrons. The Morgan fingerprint density at radius 3 is 2.71 bits per heavy atom. The first-order valence-electron chi connectivity index (χ1n) is 10.5. The quantitative estimate of drug-likeness (QED) is 0.432. The van der Waals surface area contributed by atoms with Gasteiger partial charge in [-0.25, -0.2) is 9.78 Å². The Kier molecular flexibility index (Phi) is 5.43. The number of cyclic esters (lactones) is 1. The molecule has 0 bridgehead atoms. The van der Waals surface area contributed by atoms with Gasteiger partial charge in [-0.15, -0.1) is 0 Å². The Labute approximate surface area is 194 Å². The summed E-state index contributed by atoms with van der Waals surface area (Å²) in [6.45, 7) is 1.87. The lowest BCUT2D eigenvalue weighted by molar-refractivity contribution is 0.102. The van der Waals surface area contributed by atoms with Gasteiger partial charge in [0.25, 0.3) is 5.91 Å². The first-order valence-corrected chi connectivity index (χ1v) is 10.5. The smallest absolute Gasteiger partial charge is 0.411 e. The number of carbonyl (C=O) groups is 2. The van der Waals surface area contributed by atoms with E-state index < -0.39 is 6.09 Å². The standard InChI is InChI=1S/C25H20N4O5/c1-14-21(22(29-34-14)15-6-4-3-5-7-15)23(30)26-20-11-10-18(27-24(20)32-2)16-8-9-19-17(12-16)13-33-25(31)28-19/h3-12H,13H2,1-2H3,(H,26,30)(H,28,31). The number of ether oxygens (including phenoxy) is 2. The van der Waals surface area contributed by atoms with Gasteiger partial charge in [0.15, 0.2) is 0 Å². The number of fused-ring (bicyclic) bond motifs is 1. The molecule has 5 rings (SSSR count). The van der Waals surface area contributed by atoms with Crippen molar-refractivity contribution in [3.8, 4) is 28.4 Å². The lowest BCUT2D eigenvalue weighted by Crippen LogP contribution is -2.20. The molecule has 0 spiro atoms. The van der Waals surface area contributed by atoms with Crippen molar-refractivity contribution in [3.63, 3.8) is 0 Å². The summed E-state index contributed by atoms with van der Waals surface area (Å²) in [6.07, 6.45) is -0.474. The van der Waals surface area contributed by atoms with Gasteiger partial charge in [-0.05, 0) is 31.2 Å². The minimum absolute atomic E-state index is 0.183. The average molecular weight is 456 g/mol. The average Bonchev–Trinajstić information content (AvgIpc) is 3.26. The third kappa shape index (κ3) is 3.95. The molecule has 2 aromatic heterocycles. The predicted octanol–water partition coefficient (Wildman–Crippen LogP) is 5.04. The van der Waals surface area contributed by atoms with E-state index in [2.05, 4.69) is 20.8 Å². The number of anilines is 2. The number of nitrogens with one attached hydrogen (secondary N) is 2. The Morgan fingerprint density at radius 2 is 1.91 bits per heavy atom. The van der Waals surface area contributed by atoms with Crippen LogP contribution in [0.1, 0.15) is 21.7 Å². The van der Waals surface area contributed by atoms with Crippen molar-refractivity contribution in [1.82, 2.24) is 10.1 Å². The van der Waals surface area contributed by atoms with E-state index in [0.717, 1.165) is 16.7 Å². The van der Waals surface area contributed by atoms with Gasteiger partial charge in [0, 0.05) is 16.7 Å². The Hall–Kier alpha value is -4.66. The number of carbonyl (C=O) groups excluding carboxylic acids is 2. The number of aryl methyl sites for hydroxylation is 1. The van der Waals surface area contributed by atoms with Crippen LogP contribution in [0.5, 0.6) is 5.88 Å². The minimum atomic E-state index is -0.474. The Balaban J connectivity index is 1.43. The molecule has 2 N–H and O–H groups in total. The normalized spacial score (nSPS) is 12.4. The maximum atomic E-state index is 13.2. The number of hydrogen-bond donors (Lipinski definition) is 2. The number of benzene rings is 2. The van der Waals surface area contributed by atoms with Crippen LogP contribution in [-0.4, -0.2) is 29.3 Å². The molecule has 3 heterocycles. The molecule has 0 radical (unpaired) electrons. The summed E-state index contributed by atoms with van der Waals surface area (Å²) in [5.41, 5.74) is 4.98. The van der Waals surface area contributed by atoms with E-state index in [9.17, 15) is 9.59 Å². The van der Waals surface area contributed by atoms with Crippen LogP contribution in [-0.2, 0) is 11.3 Å². The second kappa shape index (κ2) is 8.70. The molecular weight excluding hydrogens is 436 g/mol. The number of pyridine rings is 1. The topological polar surface area (TPSA) is 116 Å². The Morgan fingerprint density at radius 1 is 1.09 bits per heavy atom. The summed E-state index contributed by atoms with van der Waals surface area (Å²) >= 11 is 0. The number of amides is 2. The molecule has 1 aliphatic heterocycles. The molecule has 0 saturated carbocycles. The van der Waals surface area contributed by atoms with E-state index in [1.54, 1.807) is 25.1 Å². The van der Waals surface area contributed by atoms with Gasteiger partial charge >= 0.3 is 6.09 Å². The second-order valence-corrected chi connectivity index (χ2v) is 7.61. The molecule has 9 heteroatoms. The fourth-order valence-corrected chi connectivity index (χ4v) is 3.75. The zero-order valence-corrected chi connectivity index (χ0v) is 18.4. The first-order chi connectivity index (χ1) is 16.5. The molecule has 0 unspecified atom stereocenters. The summed E-state index contributed by atoms with van der Waals surface area (Å²) in [5.74, 6) is 0.277. The largest absolute Gasteiger partial charge is 0.479 e. The molecule has 0 aliphatic carbocycles. The Bertz CT molecular complexity index is 1400. The summed E-state index contributed by atoms with van der Waals surface area (Å²) in [6, 6.07) is 18.4. The van der Waals surface area contributed by atoms with Crippen molar-refractivity contribution < 1.29 is 23.6 Å². The zero-order chi connectivity index (χ0) is 23.7. The van der Waals surface area contributed by atoms with E-state index in [0.29, 0.717) is 34.1 Å². The maximum absolute atomic E-state index is 13.2. The van der Waals surface area contributed by atoms with E-state index in [1.165, 1.54) is 7.11 Å². The van der Waals surface area contributed by atoms with Gasteiger partial charge in [0.05, 0.1) is 18.5 Å². The highest BCUT2D eigenvalue weighted by molar-refractivity contribution is 6.09. The number of methoxy groups -OCH3 is 1.